The van der Waals surface area contributed by atoms with Gasteiger partial charge in [-0.05, 0) is 44.2 Å². The third-order valence-electron chi connectivity index (χ3n) is 3.64. The number of likely N-dealkylation sites (N-methyl/N-ethyl adjacent to an activating group) is 1. The maximum atomic E-state index is 13.1. The predicted molar refractivity (Wildman–Crippen MR) is 88.4 cm³/mol. The molecule has 23 heavy (non-hydrogen) atoms. The molecule has 1 heterocycles. The highest BCUT2D eigenvalue weighted by molar-refractivity contribution is 5.95. The number of nitrogens with one attached hydrogen (secondary N) is 2. The van der Waals surface area contributed by atoms with Crippen LogP contribution in [0.3, 0.4) is 0 Å². The summed E-state index contributed by atoms with van der Waals surface area (Å²) < 4.78 is 14.7. The molecule has 1 amide bonds. The summed E-state index contributed by atoms with van der Waals surface area (Å²) in [5.41, 5.74) is 2.11. The van der Waals surface area contributed by atoms with Crippen LogP contribution < -0.4 is 10.6 Å². The van der Waals surface area contributed by atoms with Gasteiger partial charge < -0.3 is 10.6 Å². The van der Waals surface area contributed by atoms with Crippen LogP contribution in [0.15, 0.2) is 30.5 Å². The van der Waals surface area contributed by atoms with Crippen molar-refractivity contribution in [1.82, 2.24) is 20.4 Å². The smallest absolute Gasteiger partial charge is 0.254 e. The minimum atomic E-state index is -0.297. The topological polar surface area (TPSA) is 58.9 Å². The molecule has 0 saturated carbocycles. The summed E-state index contributed by atoms with van der Waals surface area (Å²) in [5.74, 6) is -0.436. The van der Waals surface area contributed by atoms with E-state index in [1.54, 1.807) is 23.0 Å². The summed E-state index contributed by atoms with van der Waals surface area (Å²) in [6.07, 6.45) is 2.22. The molecule has 0 saturated heterocycles. The van der Waals surface area contributed by atoms with Crippen LogP contribution in [0.5, 0.6) is 0 Å². The van der Waals surface area contributed by atoms with E-state index >= 15 is 0 Å². The lowest BCUT2D eigenvalue weighted by Gasteiger charge is -2.13. The van der Waals surface area contributed by atoms with Gasteiger partial charge in [-0.25, -0.2) is 9.07 Å². The summed E-state index contributed by atoms with van der Waals surface area (Å²) in [7, 11) is 0. The molecule has 2 aromatic rings. The fraction of sp³-hybridized carbons (Fsp3) is 0.412. The minimum Gasteiger partial charge on any atom is -0.350 e. The molecular weight excluding hydrogens is 295 g/mol. The van der Waals surface area contributed by atoms with Gasteiger partial charge in [-0.3, -0.25) is 4.79 Å². The van der Waals surface area contributed by atoms with Crippen molar-refractivity contribution < 1.29 is 9.18 Å². The van der Waals surface area contributed by atoms with Gasteiger partial charge in [0.05, 0.1) is 23.1 Å². The Morgan fingerprint density at radius 1 is 1.30 bits per heavy atom. The fourth-order valence-corrected chi connectivity index (χ4v) is 2.47. The summed E-state index contributed by atoms with van der Waals surface area (Å²) >= 11 is 0. The first-order chi connectivity index (χ1) is 11.1. The van der Waals surface area contributed by atoms with Gasteiger partial charge in [-0.1, -0.05) is 13.8 Å². The van der Waals surface area contributed by atoms with Crippen molar-refractivity contribution in [2.75, 3.05) is 13.1 Å². The third kappa shape index (κ3) is 4.16. The van der Waals surface area contributed by atoms with E-state index in [-0.39, 0.29) is 17.8 Å². The third-order valence-corrected chi connectivity index (χ3v) is 3.64. The Hall–Kier alpha value is -2.21. The molecule has 0 aliphatic heterocycles. The average molecular weight is 318 g/mol. The fourth-order valence-electron chi connectivity index (χ4n) is 2.47. The quantitative estimate of drug-likeness (QED) is 0.823. The van der Waals surface area contributed by atoms with Crippen molar-refractivity contribution in [3.63, 3.8) is 0 Å². The van der Waals surface area contributed by atoms with Crippen LogP contribution in [0.25, 0.3) is 5.69 Å². The number of hydrogen-bond donors (Lipinski definition) is 2. The lowest BCUT2D eigenvalue weighted by Crippen LogP contribution is -2.39. The van der Waals surface area contributed by atoms with Crippen molar-refractivity contribution >= 4 is 5.91 Å². The van der Waals surface area contributed by atoms with E-state index in [4.69, 9.17) is 0 Å². The second kappa shape index (κ2) is 7.87. The Morgan fingerprint density at radius 3 is 2.61 bits per heavy atom. The first-order valence-electron chi connectivity index (χ1n) is 7.91. The van der Waals surface area contributed by atoms with Crippen LogP contribution in [0.2, 0.25) is 0 Å². The van der Waals surface area contributed by atoms with Gasteiger partial charge in [0.15, 0.2) is 0 Å². The molecule has 0 bridgehead atoms. The van der Waals surface area contributed by atoms with E-state index in [1.807, 2.05) is 20.8 Å². The van der Waals surface area contributed by atoms with E-state index in [0.717, 1.165) is 17.9 Å². The Bertz CT molecular complexity index is 651. The second-order valence-electron chi connectivity index (χ2n) is 5.42. The van der Waals surface area contributed by atoms with Crippen molar-refractivity contribution in [3.05, 3.63) is 47.5 Å². The molecule has 2 N–H and O–H groups in total. The molecule has 5 nitrogen and oxygen atoms in total. The van der Waals surface area contributed by atoms with E-state index in [0.29, 0.717) is 18.5 Å². The Kier molecular flexibility index (Phi) is 5.87. The largest absolute Gasteiger partial charge is 0.350 e. The van der Waals surface area contributed by atoms with Gasteiger partial charge in [0, 0.05) is 12.6 Å². The number of carbonyl (C=O) groups excluding carboxylic acids is 1. The number of carbonyl (C=O) groups is 1. The van der Waals surface area contributed by atoms with Gasteiger partial charge in [-0.2, -0.15) is 5.10 Å². The van der Waals surface area contributed by atoms with Gasteiger partial charge in [0.1, 0.15) is 5.82 Å². The van der Waals surface area contributed by atoms with Crippen molar-refractivity contribution in [2.45, 2.75) is 33.2 Å². The number of hydrogen-bond acceptors (Lipinski definition) is 3. The number of aromatic nitrogens is 2. The molecule has 0 aliphatic rings. The van der Waals surface area contributed by atoms with Crippen LogP contribution in [-0.2, 0) is 6.42 Å². The molecular formula is C17H23FN4O. The zero-order valence-electron chi connectivity index (χ0n) is 13.8. The molecule has 6 heteroatoms. The van der Waals surface area contributed by atoms with Gasteiger partial charge in [0.2, 0.25) is 0 Å². The number of amides is 1. The Balaban J connectivity index is 2.17. The molecule has 124 valence electrons. The van der Waals surface area contributed by atoms with Crippen LogP contribution in [0, 0.1) is 5.82 Å². The van der Waals surface area contributed by atoms with E-state index in [1.165, 1.54) is 12.1 Å². The molecule has 1 aromatic heterocycles. The van der Waals surface area contributed by atoms with Gasteiger partial charge >= 0.3 is 0 Å². The zero-order chi connectivity index (χ0) is 16.8. The summed E-state index contributed by atoms with van der Waals surface area (Å²) in [5, 5.41) is 10.5. The molecule has 2 rings (SSSR count). The summed E-state index contributed by atoms with van der Waals surface area (Å²) in [6, 6.07) is 6.27. The van der Waals surface area contributed by atoms with E-state index in [2.05, 4.69) is 15.7 Å². The average Bonchev–Trinajstić information content (AvgIpc) is 2.97. The maximum Gasteiger partial charge on any atom is 0.254 e. The Morgan fingerprint density at radius 2 is 2.00 bits per heavy atom. The zero-order valence-corrected chi connectivity index (χ0v) is 13.8. The van der Waals surface area contributed by atoms with Crippen molar-refractivity contribution in [2.24, 2.45) is 0 Å². The lowest BCUT2D eigenvalue weighted by atomic mass is 10.2. The normalized spacial score (nSPS) is 12.2. The number of rotatable bonds is 7. The summed E-state index contributed by atoms with van der Waals surface area (Å²) in [4.78, 5) is 12.4. The predicted octanol–water partition coefficient (Wildman–Crippen LogP) is 2.30. The van der Waals surface area contributed by atoms with Gasteiger partial charge in [-0.15, -0.1) is 0 Å². The first kappa shape index (κ1) is 17.1. The monoisotopic (exact) mass is 318 g/mol. The van der Waals surface area contributed by atoms with Crippen molar-refractivity contribution in [3.8, 4) is 5.69 Å². The molecule has 1 aromatic carbocycles. The molecule has 1 atom stereocenters. The number of nitrogens with zero attached hydrogens (tertiary/aromatic N) is 2. The minimum absolute atomic E-state index is 0.139. The number of halogens is 1. The highest BCUT2D eigenvalue weighted by Crippen LogP contribution is 2.16. The van der Waals surface area contributed by atoms with E-state index in [9.17, 15) is 9.18 Å². The lowest BCUT2D eigenvalue weighted by molar-refractivity contribution is 0.0949. The van der Waals surface area contributed by atoms with Crippen LogP contribution in [0.4, 0.5) is 4.39 Å². The highest BCUT2D eigenvalue weighted by Gasteiger charge is 2.17. The highest BCUT2D eigenvalue weighted by atomic mass is 19.1. The molecule has 0 radical (unpaired) electrons. The standard InChI is InChI=1S/C17H23FN4O/c1-4-16-15(17(23)20-10-12(3)19-5-2)11-21-22(16)14-8-6-13(18)7-9-14/h6-9,11-12,19H,4-5,10H2,1-3H3,(H,20,23)/t12-/m1/s1. The molecule has 0 spiro atoms. The molecule has 0 unspecified atom stereocenters. The second-order valence-corrected chi connectivity index (χ2v) is 5.42. The summed E-state index contributed by atoms with van der Waals surface area (Å²) in [6.45, 7) is 7.43. The molecule has 0 aliphatic carbocycles. The van der Waals surface area contributed by atoms with Crippen LogP contribution in [-0.4, -0.2) is 34.8 Å². The Labute approximate surface area is 135 Å². The molecule has 0 fully saturated rings. The van der Waals surface area contributed by atoms with Crippen LogP contribution in [0.1, 0.15) is 36.8 Å². The van der Waals surface area contributed by atoms with E-state index < -0.39 is 0 Å². The van der Waals surface area contributed by atoms with Crippen LogP contribution >= 0.6 is 0 Å². The van der Waals surface area contributed by atoms with Gasteiger partial charge in [0.25, 0.3) is 5.91 Å². The SMILES string of the molecule is CCN[C@H](C)CNC(=O)c1cnn(-c2ccc(F)cc2)c1CC. The first-order valence-corrected chi connectivity index (χ1v) is 7.91. The number of benzene rings is 1. The maximum absolute atomic E-state index is 13.1. The van der Waals surface area contributed by atoms with Crippen molar-refractivity contribution in [1.29, 1.82) is 0 Å².